The van der Waals surface area contributed by atoms with E-state index in [1.165, 1.54) is 64.2 Å². The number of rotatable bonds is 3. The van der Waals surface area contributed by atoms with Crippen LogP contribution < -0.4 is 10.6 Å². The molecule has 3 saturated carbocycles. The molecule has 1 spiro atoms. The van der Waals surface area contributed by atoms with Crippen LogP contribution in [-0.4, -0.2) is 37.3 Å². The van der Waals surface area contributed by atoms with Crippen molar-refractivity contribution < 1.29 is 4.74 Å². The van der Waals surface area contributed by atoms with Crippen LogP contribution in [0.4, 0.5) is 0 Å². The summed E-state index contributed by atoms with van der Waals surface area (Å²) >= 11 is 0. The number of nitrogens with zero attached hydrogens (tertiary/aromatic N) is 1. The topological polar surface area (TPSA) is 45.7 Å². The lowest BCUT2D eigenvalue weighted by Gasteiger charge is -2.57. The minimum Gasteiger partial charge on any atom is -0.377 e. The minimum atomic E-state index is 0.407. The van der Waals surface area contributed by atoms with Crippen molar-refractivity contribution in [2.75, 3.05) is 13.2 Å². The van der Waals surface area contributed by atoms with E-state index in [1.807, 2.05) is 0 Å². The van der Waals surface area contributed by atoms with E-state index < -0.39 is 0 Å². The van der Waals surface area contributed by atoms with E-state index in [1.54, 1.807) is 0 Å². The SMILES string of the molecule is CCN=C(NC1CCCCC1)NC1C2CCOC2C12CCCC2. The normalized spacial score (nSPS) is 36.7. The molecule has 3 unspecified atom stereocenters. The Morgan fingerprint density at radius 2 is 1.83 bits per heavy atom. The molecule has 0 aromatic heterocycles. The molecule has 0 radical (unpaired) electrons. The van der Waals surface area contributed by atoms with Crippen molar-refractivity contribution in [2.24, 2.45) is 16.3 Å². The van der Waals surface area contributed by atoms with E-state index in [9.17, 15) is 0 Å². The standard InChI is InChI=1S/C19H33N3O/c1-2-20-18(21-14-8-4-3-5-9-14)22-16-15-10-13-23-17(15)19(16)11-6-7-12-19/h14-17H,2-13H2,1H3,(H2,20,21,22). The smallest absolute Gasteiger partial charge is 0.191 e. The summed E-state index contributed by atoms with van der Waals surface area (Å²) in [5.41, 5.74) is 0.407. The number of aliphatic imine (C=N–C) groups is 1. The molecule has 4 nitrogen and oxygen atoms in total. The third-order valence-corrected chi connectivity index (χ3v) is 6.84. The first-order chi connectivity index (χ1) is 11.3. The van der Waals surface area contributed by atoms with Crippen LogP contribution in [0.3, 0.4) is 0 Å². The number of nitrogens with one attached hydrogen (secondary N) is 2. The van der Waals surface area contributed by atoms with Gasteiger partial charge in [0.1, 0.15) is 0 Å². The van der Waals surface area contributed by atoms with E-state index in [-0.39, 0.29) is 0 Å². The highest BCUT2D eigenvalue weighted by atomic mass is 16.5. The molecule has 4 rings (SSSR count). The monoisotopic (exact) mass is 319 g/mol. The molecular formula is C19H33N3O. The molecule has 3 atom stereocenters. The summed E-state index contributed by atoms with van der Waals surface area (Å²) in [4.78, 5) is 4.76. The van der Waals surface area contributed by atoms with Gasteiger partial charge in [-0.3, -0.25) is 4.99 Å². The van der Waals surface area contributed by atoms with Crippen LogP contribution >= 0.6 is 0 Å². The van der Waals surface area contributed by atoms with Crippen LogP contribution in [0.15, 0.2) is 4.99 Å². The van der Waals surface area contributed by atoms with E-state index in [0.717, 1.165) is 19.1 Å². The van der Waals surface area contributed by atoms with Gasteiger partial charge < -0.3 is 15.4 Å². The number of hydrogen-bond donors (Lipinski definition) is 2. The first-order valence-electron chi connectivity index (χ1n) is 10.0. The molecule has 4 aliphatic rings. The van der Waals surface area contributed by atoms with E-state index >= 15 is 0 Å². The quantitative estimate of drug-likeness (QED) is 0.620. The van der Waals surface area contributed by atoms with Crippen LogP contribution in [0.1, 0.15) is 71.1 Å². The lowest BCUT2D eigenvalue weighted by molar-refractivity contribution is -0.125. The number of hydrogen-bond acceptors (Lipinski definition) is 2. The van der Waals surface area contributed by atoms with Crippen LogP contribution in [0.5, 0.6) is 0 Å². The predicted molar refractivity (Wildman–Crippen MR) is 93.7 cm³/mol. The second kappa shape index (κ2) is 6.62. The highest BCUT2D eigenvalue weighted by Gasteiger charge is 2.65. The van der Waals surface area contributed by atoms with Gasteiger partial charge in [0.05, 0.1) is 6.10 Å². The Morgan fingerprint density at radius 1 is 1.04 bits per heavy atom. The molecule has 1 aliphatic heterocycles. The third-order valence-electron chi connectivity index (χ3n) is 6.84. The van der Waals surface area contributed by atoms with E-state index in [2.05, 4.69) is 17.6 Å². The van der Waals surface area contributed by atoms with Crippen molar-refractivity contribution in [1.29, 1.82) is 0 Å². The number of fused-ring (bicyclic) bond motifs is 2. The largest absolute Gasteiger partial charge is 0.377 e. The van der Waals surface area contributed by atoms with Gasteiger partial charge in [0.2, 0.25) is 0 Å². The second-order valence-corrected chi connectivity index (χ2v) is 8.11. The fraction of sp³-hybridized carbons (Fsp3) is 0.947. The van der Waals surface area contributed by atoms with Gasteiger partial charge >= 0.3 is 0 Å². The van der Waals surface area contributed by atoms with Gasteiger partial charge in [-0.05, 0) is 39.0 Å². The zero-order chi connectivity index (χ0) is 15.7. The molecule has 4 fully saturated rings. The molecule has 0 aromatic rings. The van der Waals surface area contributed by atoms with E-state index in [4.69, 9.17) is 9.73 Å². The first kappa shape index (κ1) is 15.7. The Kier molecular flexibility index (Phi) is 4.53. The third kappa shape index (κ3) is 2.77. The van der Waals surface area contributed by atoms with Crippen molar-refractivity contribution in [3.05, 3.63) is 0 Å². The van der Waals surface area contributed by atoms with Crippen LogP contribution in [0.25, 0.3) is 0 Å². The predicted octanol–water partition coefficient (Wildman–Crippen LogP) is 3.22. The lowest BCUT2D eigenvalue weighted by Crippen LogP contribution is -2.69. The zero-order valence-electron chi connectivity index (χ0n) is 14.7. The molecule has 3 aliphatic carbocycles. The summed E-state index contributed by atoms with van der Waals surface area (Å²) in [6.07, 6.45) is 13.9. The summed E-state index contributed by atoms with van der Waals surface area (Å²) < 4.78 is 6.11. The molecule has 23 heavy (non-hydrogen) atoms. The van der Waals surface area contributed by atoms with Gasteiger partial charge in [-0.15, -0.1) is 0 Å². The second-order valence-electron chi connectivity index (χ2n) is 8.11. The molecular weight excluding hydrogens is 286 g/mol. The fourth-order valence-electron chi connectivity index (χ4n) is 5.78. The average Bonchev–Trinajstić information content (AvgIpc) is 3.22. The van der Waals surface area contributed by atoms with Crippen molar-refractivity contribution in [2.45, 2.75) is 89.3 Å². The maximum absolute atomic E-state index is 6.11. The summed E-state index contributed by atoms with van der Waals surface area (Å²) in [6, 6.07) is 1.20. The molecule has 0 bridgehead atoms. The molecule has 4 heteroatoms. The highest BCUT2D eigenvalue weighted by molar-refractivity contribution is 5.80. The average molecular weight is 319 g/mol. The van der Waals surface area contributed by atoms with E-state index in [0.29, 0.717) is 29.5 Å². The Balaban J connectivity index is 1.44. The Morgan fingerprint density at radius 3 is 2.57 bits per heavy atom. The molecule has 0 aromatic carbocycles. The first-order valence-corrected chi connectivity index (χ1v) is 10.0. The van der Waals surface area contributed by atoms with Crippen molar-refractivity contribution in [1.82, 2.24) is 10.6 Å². The molecule has 0 amide bonds. The fourth-order valence-corrected chi connectivity index (χ4v) is 5.78. The van der Waals surface area contributed by atoms with Crippen molar-refractivity contribution in [3.63, 3.8) is 0 Å². The number of guanidine groups is 1. The summed E-state index contributed by atoms with van der Waals surface area (Å²) in [7, 11) is 0. The number of ether oxygens (including phenoxy) is 1. The zero-order valence-corrected chi connectivity index (χ0v) is 14.7. The Labute approximate surface area is 140 Å². The van der Waals surface area contributed by atoms with Crippen molar-refractivity contribution in [3.8, 4) is 0 Å². The molecule has 130 valence electrons. The van der Waals surface area contributed by atoms with Gasteiger partial charge in [-0.1, -0.05) is 32.1 Å². The maximum atomic E-state index is 6.11. The van der Waals surface area contributed by atoms with Gasteiger partial charge in [-0.25, -0.2) is 0 Å². The van der Waals surface area contributed by atoms with Gasteiger partial charge in [0.15, 0.2) is 5.96 Å². The van der Waals surface area contributed by atoms with Crippen LogP contribution in [0, 0.1) is 11.3 Å². The lowest BCUT2D eigenvalue weighted by atomic mass is 9.54. The molecule has 2 N–H and O–H groups in total. The summed E-state index contributed by atoms with van der Waals surface area (Å²) in [6.45, 7) is 3.95. The van der Waals surface area contributed by atoms with Crippen LogP contribution in [-0.2, 0) is 4.74 Å². The maximum Gasteiger partial charge on any atom is 0.191 e. The van der Waals surface area contributed by atoms with Gasteiger partial charge in [-0.2, -0.15) is 0 Å². The molecule has 1 heterocycles. The highest BCUT2D eigenvalue weighted by Crippen LogP contribution is 2.60. The Hall–Kier alpha value is -0.770. The molecule has 1 saturated heterocycles. The van der Waals surface area contributed by atoms with Gasteiger partial charge in [0, 0.05) is 36.6 Å². The summed E-state index contributed by atoms with van der Waals surface area (Å²) in [5, 5.41) is 7.61. The Bertz CT molecular complexity index is 438. The summed E-state index contributed by atoms with van der Waals surface area (Å²) in [5.74, 6) is 1.78. The van der Waals surface area contributed by atoms with Gasteiger partial charge in [0.25, 0.3) is 0 Å². The minimum absolute atomic E-state index is 0.407. The van der Waals surface area contributed by atoms with Crippen molar-refractivity contribution >= 4 is 5.96 Å². The van der Waals surface area contributed by atoms with Crippen LogP contribution in [0.2, 0.25) is 0 Å².